The molecule has 0 saturated heterocycles. The first-order chi connectivity index (χ1) is 16.2. The van der Waals surface area contributed by atoms with Crippen LogP contribution in [-0.4, -0.2) is 46.7 Å². The Morgan fingerprint density at radius 1 is 1.15 bits per heavy atom. The summed E-state index contributed by atoms with van der Waals surface area (Å²) in [5.74, 6) is -0.405. The predicted octanol–water partition coefficient (Wildman–Crippen LogP) is 2.95. The first-order valence-electron chi connectivity index (χ1n) is 10.4. The molecule has 0 aliphatic heterocycles. The van der Waals surface area contributed by atoms with Gasteiger partial charge in [0, 0.05) is 41.7 Å². The zero-order valence-electron chi connectivity index (χ0n) is 18.5. The number of carbonyl (C=O) groups excluding carboxylic acids is 1. The molecule has 0 saturated carbocycles. The van der Waals surface area contributed by atoms with E-state index in [4.69, 9.17) is 0 Å². The summed E-state index contributed by atoms with van der Waals surface area (Å²) in [6.07, 6.45) is 11.7. The van der Waals surface area contributed by atoms with Crippen LogP contribution in [0.5, 0.6) is 5.75 Å². The van der Waals surface area contributed by atoms with Gasteiger partial charge in [0.2, 0.25) is 5.95 Å². The lowest BCUT2D eigenvalue weighted by Gasteiger charge is -2.24. The van der Waals surface area contributed by atoms with Gasteiger partial charge in [0.1, 0.15) is 10.6 Å². The van der Waals surface area contributed by atoms with E-state index in [2.05, 4.69) is 25.6 Å². The summed E-state index contributed by atoms with van der Waals surface area (Å²) >= 11 is 0. The molecule has 2 aromatic heterocycles. The summed E-state index contributed by atoms with van der Waals surface area (Å²) in [7, 11) is -3.60. The minimum Gasteiger partial charge on any atom is -0.507 e. The number of aromatic nitrogens is 3. The molecule has 0 bridgehead atoms. The average molecular weight is 478 g/mol. The van der Waals surface area contributed by atoms with E-state index in [1.54, 1.807) is 30.7 Å². The SMILES string of the molecule is CC1C=CC(NC(=O)c2ccc(S(C)(=O)=O)c(O)c2)=CC1Nc1nccc(-c2cccnc2)n1. The van der Waals surface area contributed by atoms with E-state index >= 15 is 0 Å². The number of carbonyl (C=O) groups is 1. The molecule has 2 unspecified atom stereocenters. The van der Waals surface area contributed by atoms with Crippen LogP contribution in [0.3, 0.4) is 0 Å². The normalized spacial score (nSPS) is 17.6. The van der Waals surface area contributed by atoms with Crippen LogP contribution >= 0.6 is 0 Å². The Morgan fingerprint density at radius 3 is 2.68 bits per heavy atom. The number of hydrogen-bond donors (Lipinski definition) is 3. The minimum atomic E-state index is -3.60. The summed E-state index contributed by atoms with van der Waals surface area (Å²) in [6, 6.07) is 9.07. The van der Waals surface area contributed by atoms with Crippen molar-refractivity contribution < 1.29 is 18.3 Å². The smallest absolute Gasteiger partial charge is 0.255 e. The van der Waals surface area contributed by atoms with E-state index in [-0.39, 0.29) is 22.4 Å². The monoisotopic (exact) mass is 477 g/mol. The topological polar surface area (TPSA) is 134 Å². The van der Waals surface area contributed by atoms with Crippen LogP contribution < -0.4 is 10.6 Å². The number of hydrogen-bond acceptors (Lipinski definition) is 8. The highest BCUT2D eigenvalue weighted by atomic mass is 32.2. The first-order valence-corrected chi connectivity index (χ1v) is 12.3. The van der Waals surface area contributed by atoms with Crippen LogP contribution in [0, 0.1) is 5.92 Å². The molecule has 0 radical (unpaired) electrons. The number of benzene rings is 1. The maximum atomic E-state index is 12.7. The van der Waals surface area contributed by atoms with Crippen molar-refractivity contribution in [2.24, 2.45) is 5.92 Å². The predicted molar refractivity (Wildman–Crippen MR) is 128 cm³/mol. The zero-order valence-corrected chi connectivity index (χ0v) is 19.3. The summed E-state index contributed by atoms with van der Waals surface area (Å²) < 4.78 is 23.3. The van der Waals surface area contributed by atoms with Gasteiger partial charge in [-0.3, -0.25) is 9.78 Å². The number of aromatic hydroxyl groups is 1. The van der Waals surface area contributed by atoms with Crippen LogP contribution in [0.1, 0.15) is 17.3 Å². The van der Waals surface area contributed by atoms with Gasteiger partial charge >= 0.3 is 0 Å². The summed E-state index contributed by atoms with van der Waals surface area (Å²) in [5, 5.41) is 16.1. The summed E-state index contributed by atoms with van der Waals surface area (Å²) in [6.45, 7) is 2.02. The molecule has 4 rings (SSSR count). The van der Waals surface area contributed by atoms with Gasteiger partial charge in [0.15, 0.2) is 9.84 Å². The molecule has 174 valence electrons. The first kappa shape index (κ1) is 23.1. The van der Waals surface area contributed by atoms with Crippen molar-refractivity contribution in [2.75, 3.05) is 11.6 Å². The van der Waals surface area contributed by atoms with Crippen LogP contribution in [0.2, 0.25) is 0 Å². The third-order valence-corrected chi connectivity index (χ3v) is 6.44. The molecule has 1 aliphatic carbocycles. The Bertz CT molecular complexity index is 1390. The van der Waals surface area contributed by atoms with Gasteiger partial charge in [-0.2, -0.15) is 0 Å². The lowest BCUT2D eigenvalue weighted by atomic mass is 9.95. The fraction of sp³-hybridized carbons (Fsp3) is 0.167. The molecule has 34 heavy (non-hydrogen) atoms. The van der Waals surface area contributed by atoms with E-state index < -0.39 is 21.5 Å². The fourth-order valence-corrected chi connectivity index (χ4v) is 4.21. The van der Waals surface area contributed by atoms with E-state index in [1.807, 2.05) is 31.2 Å². The van der Waals surface area contributed by atoms with Crippen molar-refractivity contribution in [3.63, 3.8) is 0 Å². The molecule has 10 heteroatoms. The molecular formula is C24H23N5O4S. The van der Waals surface area contributed by atoms with E-state index in [0.717, 1.165) is 23.6 Å². The zero-order chi connectivity index (χ0) is 24.3. The van der Waals surface area contributed by atoms with Crippen LogP contribution in [0.25, 0.3) is 11.3 Å². The van der Waals surface area contributed by atoms with Gasteiger partial charge in [-0.25, -0.2) is 18.4 Å². The van der Waals surface area contributed by atoms with Crippen LogP contribution in [0.4, 0.5) is 5.95 Å². The molecule has 1 aromatic carbocycles. The fourth-order valence-electron chi connectivity index (χ4n) is 3.46. The number of phenols is 1. The molecule has 9 nitrogen and oxygen atoms in total. The van der Waals surface area contributed by atoms with Crippen molar-refractivity contribution in [3.05, 3.63) is 84.5 Å². The van der Waals surface area contributed by atoms with Gasteiger partial charge < -0.3 is 15.7 Å². The number of pyridine rings is 1. The van der Waals surface area contributed by atoms with Crippen molar-refractivity contribution in [2.45, 2.75) is 17.9 Å². The number of rotatable bonds is 6. The van der Waals surface area contributed by atoms with Crippen LogP contribution in [-0.2, 0) is 9.84 Å². The molecule has 0 fully saturated rings. The van der Waals surface area contributed by atoms with Gasteiger partial charge in [0.05, 0.1) is 11.7 Å². The number of phenolic OH excluding ortho intramolecular Hbond substituents is 1. The van der Waals surface area contributed by atoms with E-state index in [0.29, 0.717) is 11.6 Å². The molecule has 0 spiro atoms. The number of amides is 1. The minimum absolute atomic E-state index is 0.101. The Morgan fingerprint density at radius 2 is 1.97 bits per heavy atom. The maximum Gasteiger partial charge on any atom is 0.255 e. The van der Waals surface area contributed by atoms with Crippen molar-refractivity contribution in [1.82, 2.24) is 20.3 Å². The number of nitrogens with one attached hydrogen (secondary N) is 2. The highest BCUT2D eigenvalue weighted by Crippen LogP contribution is 2.24. The second kappa shape index (κ2) is 9.44. The summed E-state index contributed by atoms with van der Waals surface area (Å²) in [5.41, 5.74) is 2.29. The molecular weight excluding hydrogens is 454 g/mol. The van der Waals surface area contributed by atoms with Gasteiger partial charge in [-0.05, 0) is 54.5 Å². The van der Waals surface area contributed by atoms with Gasteiger partial charge in [-0.15, -0.1) is 0 Å². The lowest BCUT2D eigenvalue weighted by molar-refractivity contribution is 0.0966. The van der Waals surface area contributed by atoms with Gasteiger partial charge in [0.25, 0.3) is 5.91 Å². The summed E-state index contributed by atoms with van der Waals surface area (Å²) in [4.78, 5) is 25.4. The molecule has 3 aromatic rings. The van der Waals surface area contributed by atoms with Crippen molar-refractivity contribution in [1.29, 1.82) is 0 Å². The third kappa shape index (κ3) is 5.29. The molecule has 1 amide bonds. The molecule has 1 aliphatic rings. The molecule has 2 heterocycles. The highest BCUT2D eigenvalue weighted by Gasteiger charge is 2.20. The quantitative estimate of drug-likeness (QED) is 0.493. The van der Waals surface area contributed by atoms with Crippen molar-refractivity contribution in [3.8, 4) is 17.0 Å². The molecule has 3 N–H and O–H groups in total. The highest BCUT2D eigenvalue weighted by molar-refractivity contribution is 7.90. The largest absolute Gasteiger partial charge is 0.507 e. The lowest BCUT2D eigenvalue weighted by Crippen LogP contribution is -2.31. The van der Waals surface area contributed by atoms with Gasteiger partial charge in [-0.1, -0.05) is 13.0 Å². The second-order valence-corrected chi connectivity index (χ2v) is 9.91. The second-order valence-electron chi connectivity index (χ2n) is 7.93. The van der Waals surface area contributed by atoms with Crippen molar-refractivity contribution >= 4 is 21.7 Å². The van der Waals surface area contributed by atoms with E-state index in [1.165, 1.54) is 12.1 Å². The maximum absolute atomic E-state index is 12.7. The number of anilines is 1. The number of nitrogens with zero attached hydrogens (tertiary/aromatic N) is 3. The number of sulfone groups is 1. The third-order valence-electron chi connectivity index (χ3n) is 5.29. The standard InChI is InChI=1S/C24H23N5O4S/c1-15-5-7-18(27-23(31)16-6-8-22(21(30)12-16)34(2,32)33)13-20(15)29-24-26-11-9-19(28-24)17-4-3-10-25-14-17/h3-15,20,30H,1-2H3,(H,27,31)(H,26,28,29). The molecule has 2 atom stereocenters. The Labute approximate surface area is 197 Å². The Balaban J connectivity index is 1.49. The number of allylic oxidation sites excluding steroid dienone is 1. The van der Waals surface area contributed by atoms with Crippen LogP contribution in [0.15, 0.2) is 83.8 Å². The Kier molecular flexibility index (Phi) is 6.42. The van der Waals surface area contributed by atoms with E-state index in [9.17, 15) is 18.3 Å². The average Bonchev–Trinajstić information content (AvgIpc) is 2.81. The Hall–Kier alpha value is -4.05.